The van der Waals surface area contributed by atoms with Crippen LogP contribution in [0.4, 0.5) is 5.69 Å². The first kappa shape index (κ1) is 22.5. The fourth-order valence-electron chi connectivity index (χ4n) is 2.80. The zero-order chi connectivity index (χ0) is 20.2. The molecule has 0 unspecified atom stereocenters. The molecule has 0 heterocycles. The molecule has 27 heavy (non-hydrogen) atoms. The first-order chi connectivity index (χ1) is 12.9. The Morgan fingerprint density at radius 2 is 1.93 bits per heavy atom. The molecule has 148 valence electrons. The third-order valence-electron chi connectivity index (χ3n) is 4.03. The summed E-state index contributed by atoms with van der Waals surface area (Å²) in [4.78, 5) is 18.9. The van der Waals surface area contributed by atoms with E-state index in [-0.39, 0.29) is 12.5 Å². The fourth-order valence-corrected chi connectivity index (χ4v) is 2.80. The summed E-state index contributed by atoms with van der Waals surface area (Å²) in [6, 6.07) is 8.16. The molecule has 0 atom stereocenters. The van der Waals surface area contributed by atoms with Gasteiger partial charge in [-0.15, -0.1) is 6.42 Å². The van der Waals surface area contributed by atoms with Gasteiger partial charge in [0.25, 0.3) is 0 Å². The van der Waals surface area contributed by atoms with Crippen LogP contribution in [0.2, 0.25) is 0 Å². The summed E-state index contributed by atoms with van der Waals surface area (Å²) >= 11 is 0. The first-order valence-electron chi connectivity index (χ1n) is 9.51. The number of amides is 1. The van der Waals surface area contributed by atoms with Crippen LogP contribution in [0.5, 0.6) is 0 Å². The van der Waals surface area contributed by atoms with E-state index in [0.29, 0.717) is 23.7 Å². The highest BCUT2D eigenvalue weighted by atomic mass is 16.1. The zero-order valence-electron chi connectivity index (χ0n) is 17.2. The monoisotopic (exact) mass is 371 g/mol. The Kier molecular flexibility index (Phi) is 9.99. The van der Waals surface area contributed by atoms with Gasteiger partial charge in [-0.3, -0.25) is 9.69 Å². The molecule has 1 aromatic carbocycles. The molecule has 1 aromatic rings. The van der Waals surface area contributed by atoms with Gasteiger partial charge in [-0.05, 0) is 52.8 Å². The Bertz CT molecular complexity index is 653. The second-order valence-electron chi connectivity index (χ2n) is 6.82. The number of hydrogen-bond acceptors (Lipinski definition) is 3. The fraction of sp³-hybridized carbons (Fsp3) is 0.524. The van der Waals surface area contributed by atoms with E-state index in [0.717, 1.165) is 25.2 Å². The molecule has 0 aliphatic carbocycles. The highest BCUT2D eigenvalue weighted by Crippen LogP contribution is 2.09. The molecule has 6 heteroatoms. The van der Waals surface area contributed by atoms with Crippen LogP contribution in [0.25, 0.3) is 0 Å². The van der Waals surface area contributed by atoms with Gasteiger partial charge in [0.2, 0.25) is 5.91 Å². The maximum absolute atomic E-state index is 12.1. The van der Waals surface area contributed by atoms with E-state index in [1.54, 1.807) is 12.1 Å². The molecular weight excluding hydrogens is 338 g/mol. The second-order valence-corrected chi connectivity index (χ2v) is 6.82. The number of nitrogens with zero attached hydrogens (tertiary/aromatic N) is 2. The SMILES string of the molecule is C#Cc1cccc(NC(=O)CN=C(NCC)NCCN(C(C)C)C(C)C)c1. The number of carbonyl (C=O) groups excluding carboxylic acids is 1. The maximum Gasteiger partial charge on any atom is 0.246 e. The normalized spacial score (nSPS) is 11.6. The van der Waals surface area contributed by atoms with Crippen molar-refractivity contribution in [2.45, 2.75) is 46.7 Å². The van der Waals surface area contributed by atoms with Crippen molar-refractivity contribution in [1.82, 2.24) is 15.5 Å². The Morgan fingerprint density at radius 1 is 1.22 bits per heavy atom. The predicted octanol–water partition coefficient (Wildman–Crippen LogP) is 2.28. The summed E-state index contributed by atoms with van der Waals surface area (Å²) in [6.07, 6.45) is 5.38. The summed E-state index contributed by atoms with van der Waals surface area (Å²) in [6.45, 7) is 13.2. The molecule has 0 fully saturated rings. The molecule has 0 aliphatic rings. The van der Waals surface area contributed by atoms with Crippen LogP contribution >= 0.6 is 0 Å². The smallest absolute Gasteiger partial charge is 0.246 e. The molecular formula is C21H33N5O. The number of benzene rings is 1. The second kappa shape index (κ2) is 12.0. The lowest BCUT2D eigenvalue weighted by Crippen LogP contribution is -2.45. The molecule has 0 spiro atoms. The highest BCUT2D eigenvalue weighted by Gasteiger charge is 2.12. The Morgan fingerprint density at radius 3 is 2.52 bits per heavy atom. The van der Waals surface area contributed by atoms with E-state index in [2.05, 4.69) is 59.5 Å². The minimum Gasteiger partial charge on any atom is -0.357 e. The van der Waals surface area contributed by atoms with Gasteiger partial charge in [0.05, 0.1) is 0 Å². The van der Waals surface area contributed by atoms with Gasteiger partial charge in [-0.1, -0.05) is 12.0 Å². The molecule has 0 saturated carbocycles. The predicted molar refractivity (Wildman–Crippen MR) is 114 cm³/mol. The number of anilines is 1. The van der Waals surface area contributed by atoms with Crippen molar-refractivity contribution in [1.29, 1.82) is 0 Å². The standard InChI is InChI=1S/C21H33N5O/c1-7-18-10-9-11-19(14-18)25-20(27)15-24-21(22-8-2)23-12-13-26(16(3)4)17(5)6/h1,9-11,14,16-17H,8,12-13,15H2,2-6H3,(H,25,27)(H2,22,23,24). The number of terminal acetylenes is 1. The van der Waals surface area contributed by atoms with Gasteiger partial charge in [0.1, 0.15) is 6.54 Å². The zero-order valence-corrected chi connectivity index (χ0v) is 17.2. The van der Waals surface area contributed by atoms with E-state index in [4.69, 9.17) is 6.42 Å². The van der Waals surface area contributed by atoms with Gasteiger partial charge in [-0.25, -0.2) is 4.99 Å². The van der Waals surface area contributed by atoms with E-state index < -0.39 is 0 Å². The van der Waals surface area contributed by atoms with Crippen LogP contribution in [0, 0.1) is 12.3 Å². The van der Waals surface area contributed by atoms with Crippen LogP contribution in [-0.2, 0) is 4.79 Å². The van der Waals surface area contributed by atoms with Gasteiger partial charge in [0.15, 0.2) is 5.96 Å². The van der Waals surface area contributed by atoms with Crippen LogP contribution in [0.15, 0.2) is 29.3 Å². The van der Waals surface area contributed by atoms with Crippen molar-refractivity contribution >= 4 is 17.6 Å². The lowest BCUT2D eigenvalue weighted by atomic mass is 10.2. The Labute approximate surface area is 163 Å². The van der Waals surface area contributed by atoms with E-state index in [1.807, 2.05) is 19.1 Å². The molecule has 3 N–H and O–H groups in total. The average molecular weight is 372 g/mol. The molecule has 1 amide bonds. The minimum absolute atomic E-state index is 0.0354. The molecule has 0 bridgehead atoms. The van der Waals surface area contributed by atoms with E-state index in [1.165, 1.54) is 0 Å². The summed E-state index contributed by atoms with van der Waals surface area (Å²) in [5.74, 6) is 3.00. The van der Waals surface area contributed by atoms with Crippen molar-refractivity contribution in [3.8, 4) is 12.3 Å². The maximum atomic E-state index is 12.1. The summed E-state index contributed by atoms with van der Waals surface area (Å²) in [5, 5.41) is 9.27. The molecule has 0 aromatic heterocycles. The third-order valence-corrected chi connectivity index (χ3v) is 4.03. The van der Waals surface area contributed by atoms with Crippen molar-refractivity contribution < 1.29 is 4.79 Å². The topological polar surface area (TPSA) is 68.8 Å². The van der Waals surface area contributed by atoms with Crippen LogP contribution < -0.4 is 16.0 Å². The Balaban J connectivity index is 2.56. The summed E-state index contributed by atoms with van der Waals surface area (Å²) in [5.41, 5.74) is 1.40. The van der Waals surface area contributed by atoms with Crippen LogP contribution in [-0.4, -0.2) is 55.0 Å². The molecule has 0 aliphatic heterocycles. The lowest BCUT2D eigenvalue weighted by molar-refractivity contribution is -0.114. The Hall–Kier alpha value is -2.52. The van der Waals surface area contributed by atoms with Crippen molar-refractivity contribution in [2.75, 3.05) is 31.5 Å². The van der Waals surface area contributed by atoms with E-state index >= 15 is 0 Å². The van der Waals surface area contributed by atoms with Gasteiger partial charge < -0.3 is 16.0 Å². The summed E-state index contributed by atoms with van der Waals surface area (Å²) < 4.78 is 0. The van der Waals surface area contributed by atoms with Crippen molar-refractivity contribution in [3.05, 3.63) is 29.8 Å². The summed E-state index contributed by atoms with van der Waals surface area (Å²) in [7, 11) is 0. The number of rotatable bonds is 9. The molecule has 0 saturated heterocycles. The lowest BCUT2D eigenvalue weighted by Gasteiger charge is -2.30. The van der Waals surface area contributed by atoms with Gasteiger partial charge in [0, 0.05) is 43.0 Å². The quantitative estimate of drug-likeness (QED) is 0.354. The van der Waals surface area contributed by atoms with Crippen LogP contribution in [0.1, 0.15) is 40.2 Å². The number of aliphatic imine (C=N–C) groups is 1. The van der Waals surface area contributed by atoms with E-state index in [9.17, 15) is 4.79 Å². The van der Waals surface area contributed by atoms with Crippen molar-refractivity contribution in [3.63, 3.8) is 0 Å². The number of hydrogen-bond donors (Lipinski definition) is 3. The first-order valence-corrected chi connectivity index (χ1v) is 9.51. The van der Waals surface area contributed by atoms with Gasteiger partial charge in [-0.2, -0.15) is 0 Å². The number of nitrogens with one attached hydrogen (secondary N) is 3. The molecule has 6 nitrogen and oxygen atoms in total. The average Bonchev–Trinajstić information content (AvgIpc) is 2.62. The number of guanidine groups is 1. The number of carbonyl (C=O) groups is 1. The van der Waals surface area contributed by atoms with Crippen molar-refractivity contribution in [2.24, 2.45) is 4.99 Å². The van der Waals surface area contributed by atoms with Gasteiger partial charge >= 0.3 is 0 Å². The minimum atomic E-state index is -0.188. The molecule has 0 radical (unpaired) electrons. The highest BCUT2D eigenvalue weighted by molar-refractivity contribution is 5.94. The third kappa shape index (κ3) is 8.61. The largest absolute Gasteiger partial charge is 0.357 e. The molecule has 1 rings (SSSR count). The van der Waals surface area contributed by atoms with Crippen LogP contribution in [0.3, 0.4) is 0 Å².